The molecule has 0 aliphatic rings. The van der Waals surface area contributed by atoms with E-state index < -0.39 is 0 Å². The molecule has 0 saturated heterocycles. The predicted octanol–water partition coefficient (Wildman–Crippen LogP) is 12.6. The number of fused-ring (bicyclic) bond motifs is 6. The van der Waals surface area contributed by atoms with Crippen molar-refractivity contribution in [3.63, 3.8) is 0 Å². The molecule has 7 aromatic carbocycles. The van der Waals surface area contributed by atoms with E-state index in [4.69, 9.17) is 9.97 Å². The van der Waals surface area contributed by atoms with Gasteiger partial charge in [-0.25, -0.2) is 9.97 Å². The molecule has 0 spiro atoms. The summed E-state index contributed by atoms with van der Waals surface area (Å²) in [5, 5.41) is 3.66. The lowest BCUT2D eigenvalue weighted by molar-refractivity contribution is 1.18. The fourth-order valence-electron chi connectivity index (χ4n) is 7.29. The van der Waals surface area contributed by atoms with E-state index in [2.05, 4.69) is 156 Å². The number of benzene rings is 7. The molecule has 0 amide bonds. The molecule has 0 aliphatic carbocycles. The zero-order valence-electron chi connectivity index (χ0n) is 27.0. The normalized spacial score (nSPS) is 11.6. The molecule has 50 heavy (non-hydrogen) atoms. The summed E-state index contributed by atoms with van der Waals surface area (Å²) < 4.78 is 4.72. The first-order valence-corrected chi connectivity index (χ1v) is 17.7. The lowest BCUT2D eigenvalue weighted by Gasteiger charge is -2.12. The number of nitrogens with zero attached hydrogens (tertiary/aromatic N) is 3. The van der Waals surface area contributed by atoms with Gasteiger partial charge in [-0.15, -0.1) is 11.3 Å². The maximum Gasteiger partial charge on any atom is 0.160 e. The number of rotatable bonds is 5. The maximum absolute atomic E-state index is 5.21. The standard InChI is InChI=1S/C46H29N3S/c1-4-14-30(15-5-1)42-45-43(48-46(47-42)31-16-6-2-7-17-31)39-29-33(26-27-41(39)50-45)32-18-12-19-34(28-32)36-23-13-24-38-37-22-10-11-25-40(37)49(44(36)38)35-20-8-3-9-21-35/h1-29H. The van der Waals surface area contributed by atoms with E-state index in [1.807, 2.05) is 24.3 Å². The SMILES string of the molecule is c1ccc(-c2nc(-c3ccccc3)c3sc4ccc(-c5cccc(-c6cccc7c8ccccc8n(-c8ccccc8)c67)c5)cc4c3n2)cc1. The Bertz CT molecular complexity index is 2850. The summed E-state index contributed by atoms with van der Waals surface area (Å²) in [6, 6.07) is 62.6. The summed E-state index contributed by atoms with van der Waals surface area (Å²) in [5.41, 5.74) is 12.4. The lowest BCUT2D eigenvalue weighted by atomic mass is 9.97. The van der Waals surface area contributed by atoms with E-state index in [1.165, 1.54) is 43.2 Å². The molecule has 3 aromatic heterocycles. The van der Waals surface area contributed by atoms with Crippen LogP contribution in [0.5, 0.6) is 0 Å². The van der Waals surface area contributed by atoms with Crippen molar-refractivity contribution in [3.8, 4) is 50.6 Å². The zero-order chi connectivity index (χ0) is 33.0. The van der Waals surface area contributed by atoms with Gasteiger partial charge in [-0.2, -0.15) is 0 Å². The molecule has 0 unspecified atom stereocenters. The van der Waals surface area contributed by atoms with Gasteiger partial charge in [0, 0.05) is 43.2 Å². The first kappa shape index (κ1) is 28.6. The Labute approximate surface area is 293 Å². The second kappa shape index (κ2) is 11.7. The van der Waals surface area contributed by atoms with Crippen molar-refractivity contribution in [1.82, 2.24) is 14.5 Å². The summed E-state index contributed by atoms with van der Waals surface area (Å²) in [7, 11) is 0. The highest BCUT2D eigenvalue weighted by molar-refractivity contribution is 7.26. The predicted molar refractivity (Wildman–Crippen MR) is 211 cm³/mol. The largest absolute Gasteiger partial charge is 0.309 e. The highest BCUT2D eigenvalue weighted by Gasteiger charge is 2.19. The van der Waals surface area contributed by atoms with E-state index in [1.54, 1.807) is 11.3 Å². The van der Waals surface area contributed by atoms with Crippen LogP contribution in [0.4, 0.5) is 0 Å². The van der Waals surface area contributed by atoms with E-state index in [0.717, 1.165) is 49.5 Å². The maximum atomic E-state index is 5.21. The second-order valence-corrected chi connectivity index (χ2v) is 13.6. The minimum Gasteiger partial charge on any atom is -0.309 e. The third-order valence-corrected chi connectivity index (χ3v) is 10.8. The minimum atomic E-state index is 0.742. The first-order chi connectivity index (χ1) is 24.8. The van der Waals surface area contributed by atoms with Crippen LogP contribution in [0.3, 0.4) is 0 Å². The van der Waals surface area contributed by atoms with Crippen LogP contribution in [0.1, 0.15) is 0 Å². The molecule has 10 rings (SSSR count). The molecule has 3 nitrogen and oxygen atoms in total. The summed E-state index contributed by atoms with van der Waals surface area (Å²) in [6.45, 7) is 0. The van der Waals surface area contributed by atoms with Crippen LogP contribution >= 0.6 is 11.3 Å². The Morgan fingerprint density at radius 3 is 1.90 bits per heavy atom. The van der Waals surface area contributed by atoms with E-state index in [0.29, 0.717) is 0 Å². The van der Waals surface area contributed by atoms with Crippen LogP contribution in [0.15, 0.2) is 176 Å². The van der Waals surface area contributed by atoms with Crippen molar-refractivity contribution in [2.24, 2.45) is 0 Å². The van der Waals surface area contributed by atoms with Gasteiger partial charge in [0.2, 0.25) is 0 Å². The molecular weight excluding hydrogens is 627 g/mol. The number of hydrogen-bond acceptors (Lipinski definition) is 3. The monoisotopic (exact) mass is 655 g/mol. The van der Waals surface area contributed by atoms with Gasteiger partial charge in [0.05, 0.1) is 26.9 Å². The van der Waals surface area contributed by atoms with Crippen molar-refractivity contribution in [3.05, 3.63) is 176 Å². The summed E-state index contributed by atoms with van der Waals surface area (Å²) in [6.07, 6.45) is 0. The quantitative estimate of drug-likeness (QED) is 0.185. The van der Waals surface area contributed by atoms with Gasteiger partial charge < -0.3 is 4.57 Å². The summed E-state index contributed by atoms with van der Waals surface area (Å²) in [4.78, 5) is 10.3. The Balaban J connectivity index is 1.16. The highest BCUT2D eigenvalue weighted by Crippen LogP contribution is 2.42. The second-order valence-electron chi connectivity index (χ2n) is 12.6. The average molecular weight is 656 g/mol. The van der Waals surface area contributed by atoms with Crippen molar-refractivity contribution in [1.29, 1.82) is 0 Å². The molecule has 10 aromatic rings. The van der Waals surface area contributed by atoms with Gasteiger partial charge in [-0.3, -0.25) is 0 Å². The average Bonchev–Trinajstić information content (AvgIpc) is 3.74. The third-order valence-electron chi connectivity index (χ3n) is 9.61. The van der Waals surface area contributed by atoms with Gasteiger partial charge >= 0.3 is 0 Å². The van der Waals surface area contributed by atoms with Crippen molar-refractivity contribution < 1.29 is 0 Å². The highest BCUT2D eigenvalue weighted by atomic mass is 32.1. The molecule has 0 N–H and O–H groups in total. The fourth-order valence-corrected chi connectivity index (χ4v) is 8.43. The van der Waals surface area contributed by atoms with Crippen molar-refractivity contribution >= 4 is 53.4 Å². The van der Waals surface area contributed by atoms with Crippen LogP contribution in [0, 0.1) is 0 Å². The van der Waals surface area contributed by atoms with Crippen LogP contribution in [-0.2, 0) is 0 Å². The van der Waals surface area contributed by atoms with Crippen molar-refractivity contribution in [2.45, 2.75) is 0 Å². The number of para-hydroxylation sites is 3. The van der Waals surface area contributed by atoms with E-state index in [-0.39, 0.29) is 0 Å². The molecule has 0 atom stereocenters. The Hall–Kier alpha value is -6.36. The first-order valence-electron chi connectivity index (χ1n) is 16.8. The van der Waals surface area contributed by atoms with Crippen LogP contribution in [-0.4, -0.2) is 14.5 Å². The van der Waals surface area contributed by atoms with Gasteiger partial charge in [-0.1, -0.05) is 140 Å². The van der Waals surface area contributed by atoms with Gasteiger partial charge in [0.25, 0.3) is 0 Å². The van der Waals surface area contributed by atoms with Crippen LogP contribution in [0.25, 0.3) is 92.7 Å². The zero-order valence-corrected chi connectivity index (χ0v) is 27.8. The molecule has 0 saturated carbocycles. The van der Waals surface area contributed by atoms with E-state index >= 15 is 0 Å². The van der Waals surface area contributed by atoms with Gasteiger partial charge in [0.15, 0.2) is 5.82 Å². The lowest BCUT2D eigenvalue weighted by Crippen LogP contribution is -1.95. The van der Waals surface area contributed by atoms with E-state index in [9.17, 15) is 0 Å². The smallest absolute Gasteiger partial charge is 0.160 e. The topological polar surface area (TPSA) is 30.7 Å². The summed E-state index contributed by atoms with van der Waals surface area (Å²) >= 11 is 1.77. The molecule has 4 heteroatoms. The molecule has 0 radical (unpaired) electrons. The van der Waals surface area contributed by atoms with Crippen LogP contribution < -0.4 is 0 Å². The number of aromatic nitrogens is 3. The third kappa shape index (κ3) is 4.65. The molecular formula is C46H29N3S. The molecule has 0 bridgehead atoms. The minimum absolute atomic E-state index is 0.742. The fraction of sp³-hybridized carbons (Fsp3) is 0. The Kier molecular flexibility index (Phi) is 6.68. The van der Waals surface area contributed by atoms with Gasteiger partial charge in [-0.05, 0) is 53.1 Å². The molecule has 0 aliphatic heterocycles. The molecule has 0 fully saturated rings. The summed E-state index contributed by atoms with van der Waals surface area (Å²) in [5.74, 6) is 0.742. The number of thiophene rings is 1. The van der Waals surface area contributed by atoms with Crippen molar-refractivity contribution in [2.75, 3.05) is 0 Å². The number of hydrogen-bond donors (Lipinski definition) is 0. The molecule has 234 valence electrons. The van der Waals surface area contributed by atoms with Gasteiger partial charge in [0.1, 0.15) is 0 Å². The molecule has 3 heterocycles. The Morgan fingerprint density at radius 2 is 1.08 bits per heavy atom. The Morgan fingerprint density at radius 1 is 0.440 bits per heavy atom. The van der Waals surface area contributed by atoms with Crippen LogP contribution in [0.2, 0.25) is 0 Å².